The van der Waals surface area contributed by atoms with Crippen molar-refractivity contribution in [1.82, 2.24) is 20.9 Å². The Labute approximate surface area is 224 Å². The molecule has 0 aromatic heterocycles. The summed E-state index contributed by atoms with van der Waals surface area (Å²) in [4.78, 5) is 65.3. The minimum atomic E-state index is -1.22. The van der Waals surface area contributed by atoms with E-state index in [9.17, 15) is 24.0 Å². The van der Waals surface area contributed by atoms with Crippen LogP contribution in [-0.2, 0) is 35.1 Å². The molecule has 3 atom stereocenters. The lowest BCUT2D eigenvalue weighted by Crippen LogP contribution is -2.61. The van der Waals surface area contributed by atoms with Crippen LogP contribution in [-0.4, -0.2) is 78.6 Å². The Bertz CT molecular complexity index is 1010. The molecule has 38 heavy (non-hydrogen) atoms. The van der Waals surface area contributed by atoms with E-state index < -0.39 is 47.1 Å². The average Bonchev–Trinajstić information content (AvgIpc) is 3.27. The summed E-state index contributed by atoms with van der Waals surface area (Å²) in [6, 6.07) is 6.96. The predicted molar refractivity (Wildman–Crippen MR) is 140 cm³/mol. The highest BCUT2D eigenvalue weighted by molar-refractivity contribution is 5.95. The summed E-state index contributed by atoms with van der Waals surface area (Å²) in [6.45, 7) is 7.25. The molecule has 0 saturated carbocycles. The van der Waals surface area contributed by atoms with Crippen molar-refractivity contribution in [3.63, 3.8) is 0 Å². The van der Waals surface area contributed by atoms with Gasteiger partial charge in [-0.3, -0.25) is 19.3 Å². The fraction of sp³-hybridized carbons (Fsp3) is 0.593. The number of carbonyl (C=O) groups is 5. The number of ether oxygens (including phenoxy) is 2. The number of nitrogens with zero attached hydrogens (tertiary/aromatic N) is 1. The molecule has 11 heteroatoms. The largest absolute Gasteiger partial charge is 0.467 e. The maximum absolute atomic E-state index is 13.6. The monoisotopic (exact) mass is 532 g/mol. The molecule has 0 spiro atoms. The molecule has 0 bridgehead atoms. The highest BCUT2D eigenvalue weighted by Gasteiger charge is 2.48. The molecule has 4 amide bonds. The van der Waals surface area contributed by atoms with E-state index in [-0.39, 0.29) is 25.2 Å². The van der Waals surface area contributed by atoms with E-state index in [0.29, 0.717) is 19.4 Å². The molecule has 11 nitrogen and oxygen atoms in total. The molecule has 1 fully saturated rings. The second-order valence-corrected chi connectivity index (χ2v) is 10.5. The molecule has 2 rings (SSSR count). The maximum atomic E-state index is 13.6. The first-order chi connectivity index (χ1) is 17.8. The van der Waals surface area contributed by atoms with Crippen LogP contribution in [0.1, 0.15) is 58.9 Å². The number of benzene rings is 1. The molecule has 210 valence electrons. The zero-order valence-electron chi connectivity index (χ0n) is 23.1. The first-order valence-electron chi connectivity index (χ1n) is 12.7. The Morgan fingerprint density at radius 3 is 2.29 bits per heavy atom. The normalized spacial score (nSPS) is 18.6. The number of nitrogens with one attached hydrogen (secondary N) is 3. The molecule has 1 aromatic rings. The molecule has 1 aromatic carbocycles. The van der Waals surface area contributed by atoms with Gasteiger partial charge in [-0.1, -0.05) is 30.3 Å². The zero-order chi connectivity index (χ0) is 28.5. The number of carbonyl (C=O) groups excluding carboxylic acids is 5. The van der Waals surface area contributed by atoms with Crippen molar-refractivity contribution in [3.8, 4) is 0 Å². The van der Waals surface area contributed by atoms with E-state index in [1.54, 1.807) is 27.7 Å². The van der Waals surface area contributed by atoms with E-state index in [1.165, 1.54) is 19.1 Å². The van der Waals surface area contributed by atoms with E-state index >= 15 is 0 Å². The number of hydrogen-bond acceptors (Lipinski definition) is 7. The van der Waals surface area contributed by atoms with Gasteiger partial charge < -0.3 is 25.4 Å². The van der Waals surface area contributed by atoms with Crippen LogP contribution in [0, 0.1) is 0 Å². The molecular weight excluding hydrogens is 492 g/mol. The van der Waals surface area contributed by atoms with Gasteiger partial charge >= 0.3 is 12.1 Å². The molecule has 0 unspecified atom stereocenters. The van der Waals surface area contributed by atoms with Crippen LogP contribution >= 0.6 is 0 Å². The van der Waals surface area contributed by atoms with Gasteiger partial charge in [0.25, 0.3) is 0 Å². The SMILES string of the molecule is CNC(=O)CC[C@H](NC(=O)[C@H](Cc1ccccc1)NC(=O)[C@]1(C)CCCN1C(=O)OC(C)(C)C)C(=O)OC. The third kappa shape index (κ3) is 8.46. The van der Waals surface area contributed by atoms with Crippen LogP contribution in [0.4, 0.5) is 4.79 Å². The number of esters is 1. The van der Waals surface area contributed by atoms with Crippen molar-refractivity contribution >= 4 is 29.8 Å². The van der Waals surface area contributed by atoms with Crippen molar-refractivity contribution in [2.45, 2.75) is 83.0 Å². The van der Waals surface area contributed by atoms with Gasteiger partial charge in [-0.25, -0.2) is 9.59 Å². The fourth-order valence-corrected chi connectivity index (χ4v) is 4.25. The highest BCUT2D eigenvalue weighted by atomic mass is 16.6. The first-order valence-corrected chi connectivity index (χ1v) is 12.7. The van der Waals surface area contributed by atoms with Gasteiger partial charge in [0.2, 0.25) is 17.7 Å². The minimum absolute atomic E-state index is 0.00478. The minimum Gasteiger partial charge on any atom is -0.467 e. The summed E-state index contributed by atoms with van der Waals surface area (Å²) in [5, 5.41) is 7.90. The van der Waals surface area contributed by atoms with Crippen LogP contribution in [0.25, 0.3) is 0 Å². The number of methoxy groups -OCH3 is 1. The smallest absolute Gasteiger partial charge is 0.411 e. The van der Waals surface area contributed by atoms with E-state index in [0.717, 1.165) is 5.56 Å². The highest BCUT2D eigenvalue weighted by Crippen LogP contribution is 2.31. The molecule has 1 aliphatic heterocycles. The molecule has 0 aliphatic carbocycles. The lowest BCUT2D eigenvalue weighted by molar-refractivity contribution is -0.145. The number of hydrogen-bond donors (Lipinski definition) is 3. The number of amides is 4. The number of likely N-dealkylation sites (tertiary alicyclic amines) is 1. The van der Waals surface area contributed by atoms with E-state index in [1.807, 2.05) is 30.3 Å². The van der Waals surface area contributed by atoms with Gasteiger partial charge in [0.1, 0.15) is 23.2 Å². The molecule has 1 saturated heterocycles. The lowest BCUT2D eigenvalue weighted by Gasteiger charge is -2.36. The lowest BCUT2D eigenvalue weighted by atomic mass is 9.96. The van der Waals surface area contributed by atoms with Crippen LogP contribution in [0.3, 0.4) is 0 Å². The third-order valence-corrected chi connectivity index (χ3v) is 6.39. The van der Waals surface area contributed by atoms with Crippen molar-refractivity contribution < 1.29 is 33.4 Å². The summed E-state index contributed by atoms with van der Waals surface area (Å²) in [5.41, 5.74) is -1.17. The number of rotatable bonds is 10. The third-order valence-electron chi connectivity index (χ3n) is 6.39. The standard InChI is InChI=1S/C27H40N4O7/c1-26(2,3)38-25(36)31-16-10-15-27(31,4)24(35)30-20(17-18-11-8-7-9-12-18)22(33)29-19(23(34)37-6)13-14-21(32)28-5/h7-9,11-12,19-20H,10,13-17H2,1-6H3,(H,28,32)(H,29,33)(H,30,35)/t19-,20-,27-/m0/s1. The molecular formula is C27H40N4O7. The second kappa shape index (κ2) is 13.3. The molecule has 3 N–H and O–H groups in total. The van der Waals surface area contributed by atoms with Crippen molar-refractivity contribution in [1.29, 1.82) is 0 Å². The van der Waals surface area contributed by atoms with Gasteiger partial charge in [-0.2, -0.15) is 0 Å². The Morgan fingerprint density at radius 1 is 1.05 bits per heavy atom. The van der Waals surface area contributed by atoms with E-state index in [4.69, 9.17) is 9.47 Å². The molecule has 1 heterocycles. The van der Waals surface area contributed by atoms with Crippen molar-refractivity contribution in [2.24, 2.45) is 0 Å². The summed E-state index contributed by atoms with van der Waals surface area (Å²) >= 11 is 0. The Hall–Kier alpha value is -3.63. The summed E-state index contributed by atoms with van der Waals surface area (Å²) in [5.74, 6) is -2.11. The summed E-state index contributed by atoms with van der Waals surface area (Å²) in [6.07, 6.45) is 0.557. The Balaban J connectivity index is 2.27. The summed E-state index contributed by atoms with van der Waals surface area (Å²) in [7, 11) is 2.67. The first kappa shape index (κ1) is 30.6. The summed E-state index contributed by atoms with van der Waals surface area (Å²) < 4.78 is 10.3. The average molecular weight is 533 g/mol. The van der Waals surface area contributed by atoms with Gasteiger partial charge in [0, 0.05) is 26.4 Å². The van der Waals surface area contributed by atoms with Crippen LogP contribution in [0.15, 0.2) is 30.3 Å². The topological polar surface area (TPSA) is 143 Å². The molecule has 1 aliphatic rings. The van der Waals surface area contributed by atoms with E-state index in [2.05, 4.69) is 16.0 Å². The van der Waals surface area contributed by atoms with Crippen LogP contribution in [0.5, 0.6) is 0 Å². The van der Waals surface area contributed by atoms with Gasteiger partial charge in [-0.15, -0.1) is 0 Å². The molecule has 0 radical (unpaired) electrons. The van der Waals surface area contributed by atoms with Crippen LogP contribution < -0.4 is 16.0 Å². The zero-order valence-corrected chi connectivity index (χ0v) is 23.1. The van der Waals surface area contributed by atoms with Gasteiger partial charge in [0.05, 0.1) is 7.11 Å². The van der Waals surface area contributed by atoms with Crippen LogP contribution in [0.2, 0.25) is 0 Å². The Kier molecular flexibility index (Phi) is 10.7. The van der Waals surface area contributed by atoms with Crippen molar-refractivity contribution in [3.05, 3.63) is 35.9 Å². The maximum Gasteiger partial charge on any atom is 0.411 e. The van der Waals surface area contributed by atoms with Crippen molar-refractivity contribution in [2.75, 3.05) is 20.7 Å². The second-order valence-electron chi connectivity index (χ2n) is 10.5. The predicted octanol–water partition coefficient (Wildman–Crippen LogP) is 1.69. The Morgan fingerprint density at radius 2 is 1.71 bits per heavy atom. The fourth-order valence-electron chi connectivity index (χ4n) is 4.25. The quantitative estimate of drug-likeness (QED) is 0.389. The van der Waals surface area contributed by atoms with Gasteiger partial charge in [0.15, 0.2) is 0 Å². The van der Waals surface area contributed by atoms with Gasteiger partial charge in [-0.05, 0) is 52.5 Å².